The zero-order valence-corrected chi connectivity index (χ0v) is 13.5. The lowest BCUT2D eigenvalue weighted by Crippen LogP contribution is -2.24. The van der Waals surface area contributed by atoms with Crippen LogP contribution in [0, 0.1) is 0 Å². The molecule has 0 saturated carbocycles. The van der Waals surface area contributed by atoms with Crippen LogP contribution in [0.5, 0.6) is 11.5 Å². The first-order valence-corrected chi connectivity index (χ1v) is 7.53. The summed E-state index contributed by atoms with van der Waals surface area (Å²) in [6.45, 7) is 0. The summed E-state index contributed by atoms with van der Waals surface area (Å²) in [7, 11) is 3.22. The maximum Gasteiger partial charge on any atom is 0.161 e. The lowest BCUT2D eigenvalue weighted by Gasteiger charge is -2.31. The Kier molecular flexibility index (Phi) is 4.61. The number of carbonyl (C=O) groups is 1. The monoisotopic (exact) mass is 322 g/mol. The molecule has 24 heavy (non-hydrogen) atoms. The molecule has 0 aromatic heterocycles. The summed E-state index contributed by atoms with van der Waals surface area (Å²) in [6.07, 6.45) is 5.63. The first-order chi connectivity index (χ1) is 11.8. The van der Waals surface area contributed by atoms with Gasteiger partial charge in [-0.2, -0.15) is 5.10 Å². The van der Waals surface area contributed by atoms with Gasteiger partial charge in [0.25, 0.3) is 0 Å². The van der Waals surface area contributed by atoms with E-state index in [-0.39, 0.29) is 6.04 Å². The van der Waals surface area contributed by atoms with E-state index in [1.54, 1.807) is 31.6 Å². The summed E-state index contributed by atoms with van der Waals surface area (Å²) >= 11 is 0. The van der Waals surface area contributed by atoms with Crippen molar-refractivity contribution >= 4 is 12.5 Å². The third-order valence-corrected chi connectivity index (χ3v) is 3.93. The number of hydrazone groups is 1. The quantitative estimate of drug-likeness (QED) is 0.627. The van der Waals surface area contributed by atoms with Gasteiger partial charge < -0.3 is 9.47 Å². The number of rotatable bonds is 5. The maximum atomic E-state index is 10.7. The highest BCUT2D eigenvalue weighted by atomic mass is 16.5. The van der Waals surface area contributed by atoms with E-state index in [1.165, 1.54) is 6.08 Å². The first-order valence-electron chi connectivity index (χ1n) is 7.53. The largest absolute Gasteiger partial charge is 0.493 e. The van der Waals surface area contributed by atoms with Crippen molar-refractivity contribution in [2.45, 2.75) is 6.04 Å². The minimum absolute atomic E-state index is 0.151. The van der Waals surface area contributed by atoms with E-state index in [4.69, 9.17) is 9.47 Å². The van der Waals surface area contributed by atoms with E-state index in [0.29, 0.717) is 11.5 Å². The molecule has 1 aliphatic rings. The Morgan fingerprint density at radius 2 is 1.88 bits per heavy atom. The predicted molar refractivity (Wildman–Crippen MR) is 92.5 cm³/mol. The van der Waals surface area contributed by atoms with Gasteiger partial charge in [-0.15, -0.1) is 0 Å². The van der Waals surface area contributed by atoms with Gasteiger partial charge in [0, 0.05) is 11.8 Å². The Balaban J connectivity index is 2.11. The molecule has 0 N–H and O–H groups in total. The summed E-state index contributed by atoms with van der Waals surface area (Å²) in [5, 5.41) is 6.22. The zero-order chi connectivity index (χ0) is 16.9. The molecule has 1 unspecified atom stereocenters. The highest BCUT2D eigenvalue weighted by Gasteiger charge is 2.26. The fraction of sp³-hybridized carbons (Fsp3) is 0.158. The van der Waals surface area contributed by atoms with Gasteiger partial charge in [-0.3, -0.25) is 9.80 Å². The summed E-state index contributed by atoms with van der Waals surface area (Å²) in [4.78, 5) is 10.7. The SMILES string of the molecule is COc1ccc(C2c3ccccc3C=NN2C=CC=O)cc1OC. The van der Waals surface area contributed by atoms with Crippen LogP contribution < -0.4 is 9.47 Å². The maximum absolute atomic E-state index is 10.7. The highest BCUT2D eigenvalue weighted by molar-refractivity contribution is 5.83. The van der Waals surface area contributed by atoms with Gasteiger partial charge in [0.1, 0.15) is 12.3 Å². The van der Waals surface area contributed by atoms with E-state index in [9.17, 15) is 4.79 Å². The molecule has 2 aromatic carbocycles. The minimum Gasteiger partial charge on any atom is -0.493 e. The number of hydrogen-bond donors (Lipinski definition) is 0. The van der Waals surface area contributed by atoms with Crippen molar-refractivity contribution in [2.75, 3.05) is 14.2 Å². The molecule has 0 saturated heterocycles. The van der Waals surface area contributed by atoms with Gasteiger partial charge in [0.15, 0.2) is 11.5 Å². The zero-order valence-electron chi connectivity index (χ0n) is 13.5. The fourth-order valence-electron chi connectivity index (χ4n) is 2.82. The van der Waals surface area contributed by atoms with Crippen LogP contribution >= 0.6 is 0 Å². The molecule has 0 aliphatic carbocycles. The summed E-state index contributed by atoms with van der Waals surface area (Å²) < 4.78 is 10.7. The number of carbonyl (C=O) groups excluding carboxylic acids is 1. The van der Waals surface area contributed by atoms with E-state index in [2.05, 4.69) is 11.2 Å². The second kappa shape index (κ2) is 7.00. The Morgan fingerprint density at radius 3 is 2.62 bits per heavy atom. The molecule has 0 fully saturated rings. The average molecular weight is 322 g/mol. The van der Waals surface area contributed by atoms with Gasteiger partial charge in [-0.05, 0) is 29.3 Å². The van der Waals surface area contributed by atoms with Crippen LogP contribution in [0.15, 0.2) is 59.8 Å². The fourth-order valence-corrected chi connectivity index (χ4v) is 2.82. The lowest BCUT2D eigenvalue weighted by atomic mass is 9.93. The van der Waals surface area contributed by atoms with Crippen LogP contribution in [-0.4, -0.2) is 31.7 Å². The van der Waals surface area contributed by atoms with Gasteiger partial charge >= 0.3 is 0 Å². The number of benzene rings is 2. The molecule has 3 rings (SSSR count). The van der Waals surface area contributed by atoms with Crippen LogP contribution in [0.1, 0.15) is 22.7 Å². The van der Waals surface area contributed by atoms with Crippen LogP contribution in [0.4, 0.5) is 0 Å². The summed E-state index contributed by atoms with van der Waals surface area (Å²) in [5.74, 6) is 1.32. The number of aldehydes is 1. The molecule has 122 valence electrons. The van der Waals surface area contributed by atoms with Crippen LogP contribution in [-0.2, 0) is 4.79 Å². The number of nitrogens with zero attached hydrogens (tertiary/aromatic N) is 2. The van der Waals surface area contributed by atoms with Gasteiger partial charge in [-0.25, -0.2) is 0 Å². The van der Waals surface area contributed by atoms with E-state index in [1.807, 2.05) is 36.4 Å². The molecule has 1 atom stereocenters. The molecule has 1 aliphatic heterocycles. The molecule has 0 bridgehead atoms. The molecule has 5 heteroatoms. The van der Waals surface area contributed by atoms with E-state index >= 15 is 0 Å². The number of allylic oxidation sites excluding steroid dienone is 1. The second-order valence-electron chi connectivity index (χ2n) is 5.25. The van der Waals surface area contributed by atoms with E-state index in [0.717, 1.165) is 23.0 Å². The molecule has 1 heterocycles. The van der Waals surface area contributed by atoms with Crippen molar-refractivity contribution in [3.8, 4) is 11.5 Å². The van der Waals surface area contributed by atoms with Crippen LogP contribution in [0.3, 0.4) is 0 Å². The Bertz CT molecular complexity index is 799. The van der Waals surface area contributed by atoms with Crippen molar-refractivity contribution in [3.05, 3.63) is 71.4 Å². The third kappa shape index (κ3) is 2.88. The van der Waals surface area contributed by atoms with Crippen molar-refractivity contribution in [1.82, 2.24) is 5.01 Å². The van der Waals surface area contributed by atoms with Crippen LogP contribution in [0.25, 0.3) is 0 Å². The van der Waals surface area contributed by atoms with Gasteiger partial charge in [0.2, 0.25) is 0 Å². The average Bonchev–Trinajstić information content (AvgIpc) is 2.65. The topological polar surface area (TPSA) is 51.1 Å². The van der Waals surface area contributed by atoms with Gasteiger partial charge in [-0.1, -0.05) is 30.3 Å². The number of hydrogen-bond acceptors (Lipinski definition) is 5. The number of ether oxygens (including phenoxy) is 2. The molecule has 0 amide bonds. The summed E-state index contributed by atoms with van der Waals surface area (Å²) in [5.41, 5.74) is 3.15. The Labute approximate surface area is 140 Å². The molecular weight excluding hydrogens is 304 g/mol. The van der Waals surface area contributed by atoms with Crippen LogP contribution in [0.2, 0.25) is 0 Å². The third-order valence-electron chi connectivity index (χ3n) is 3.93. The lowest BCUT2D eigenvalue weighted by molar-refractivity contribution is -0.104. The number of methoxy groups -OCH3 is 2. The number of fused-ring (bicyclic) bond motifs is 1. The second-order valence-corrected chi connectivity index (χ2v) is 5.25. The smallest absolute Gasteiger partial charge is 0.161 e. The minimum atomic E-state index is -0.151. The molecule has 2 aromatic rings. The molecule has 5 nitrogen and oxygen atoms in total. The predicted octanol–water partition coefficient (Wildman–Crippen LogP) is 3.16. The molecule has 0 radical (unpaired) electrons. The molecular formula is C19H18N2O3. The normalized spacial score (nSPS) is 16.1. The van der Waals surface area contributed by atoms with Gasteiger partial charge in [0.05, 0.1) is 20.4 Å². The molecule has 0 spiro atoms. The Hall–Kier alpha value is -3.08. The van der Waals surface area contributed by atoms with Crippen molar-refractivity contribution in [3.63, 3.8) is 0 Å². The summed E-state index contributed by atoms with van der Waals surface area (Å²) in [6, 6.07) is 13.7. The highest BCUT2D eigenvalue weighted by Crippen LogP contribution is 2.37. The standard InChI is InChI=1S/C19H18N2O3/c1-23-17-9-8-14(12-18(17)24-2)19-16-7-4-3-6-15(16)13-20-21(19)10-5-11-22/h3-13,19H,1-2H3. The van der Waals surface area contributed by atoms with E-state index < -0.39 is 0 Å². The van der Waals surface area contributed by atoms with Crippen molar-refractivity contribution in [1.29, 1.82) is 0 Å². The Morgan fingerprint density at radius 1 is 1.08 bits per heavy atom. The first kappa shape index (κ1) is 15.8. The van der Waals surface area contributed by atoms with Crippen molar-refractivity contribution < 1.29 is 14.3 Å². The van der Waals surface area contributed by atoms with Crippen molar-refractivity contribution in [2.24, 2.45) is 5.10 Å².